The lowest BCUT2D eigenvalue weighted by atomic mass is 9.52. The molecule has 12 rings (SSSR count). The van der Waals surface area contributed by atoms with E-state index in [4.69, 9.17) is 0 Å². The highest BCUT2D eigenvalue weighted by atomic mass is 15.1. The van der Waals surface area contributed by atoms with Crippen molar-refractivity contribution in [2.24, 2.45) is 0 Å². The van der Waals surface area contributed by atoms with Crippen LogP contribution in [0.4, 0.5) is 17.1 Å². The largest absolute Gasteiger partial charge is 0.310 e. The smallest absolute Gasteiger partial charge is 0.0720 e. The summed E-state index contributed by atoms with van der Waals surface area (Å²) < 4.78 is 0. The number of nitrogens with zero attached hydrogens (tertiary/aromatic N) is 1. The second-order valence-electron chi connectivity index (χ2n) is 16.6. The van der Waals surface area contributed by atoms with Crippen LogP contribution in [0.1, 0.15) is 79.6 Å². The van der Waals surface area contributed by atoms with E-state index in [1.807, 2.05) is 0 Å². The maximum atomic E-state index is 2.46. The Morgan fingerprint density at radius 3 is 1.66 bits per heavy atom. The summed E-state index contributed by atoms with van der Waals surface area (Å²) in [7, 11) is 0. The standard InChI is InChI=1S/C58H43N/c1-3-20-44(21-4-1)57(53-27-13-14-28-54(53)58(45-22-5-2-6-23-45)52-26-12-11-24-50(52)51-25-15-29-55(57)56(51)58)46-32-36-47(37-33-46)59(48-34-30-40-16-7-9-18-42(40)38-48)49-35-31-41-17-8-10-19-43(41)39-49/h1-7,10-16,19-39H,8-9,17-18H2. The molecular weight excluding hydrogens is 711 g/mol. The summed E-state index contributed by atoms with van der Waals surface area (Å²) in [4.78, 5) is 2.46. The SMILES string of the molecule is C1=Cc2cc(N(c3ccc(C4(c5ccccc5)c5ccccc5C5(c6ccccc6)c6ccccc6-c6cccc4c65)cc3)c3ccc4c(c3)CCC=C4)ccc2CC1. The minimum Gasteiger partial charge on any atom is -0.310 e. The van der Waals surface area contributed by atoms with Crippen molar-refractivity contribution in [1.82, 2.24) is 0 Å². The average Bonchev–Trinajstić information content (AvgIpc) is 3.62. The Hall–Kier alpha value is -6.96. The van der Waals surface area contributed by atoms with Gasteiger partial charge in [0, 0.05) is 17.1 Å². The molecule has 0 aromatic heterocycles. The van der Waals surface area contributed by atoms with Crippen LogP contribution >= 0.6 is 0 Å². The third-order valence-corrected chi connectivity index (χ3v) is 13.7. The van der Waals surface area contributed by atoms with Gasteiger partial charge < -0.3 is 4.90 Å². The second-order valence-corrected chi connectivity index (χ2v) is 16.6. The Bertz CT molecular complexity index is 2990. The number of benzene rings is 8. The first-order chi connectivity index (χ1) is 29.3. The third-order valence-electron chi connectivity index (χ3n) is 13.7. The van der Waals surface area contributed by atoms with Crippen LogP contribution in [-0.4, -0.2) is 0 Å². The number of hydrogen-bond acceptors (Lipinski definition) is 1. The first-order valence-electron chi connectivity index (χ1n) is 21.2. The van der Waals surface area contributed by atoms with Crippen molar-refractivity contribution in [2.75, 3.05) is 4.90 Å². The third kappa shape index (κ3) is 4.85. The number of anilines is 3. The monoisotopic (exact) mass is 753 g/mol. The Labute approximate surface area is 347 Å². The number of hydrogen-bond donors (Lipinski definition) is 0. The van der Waals surface area contributed by atoms with Crippen molar-refractivity contribution in [3.8, 4) is 11.1 Å². The molecule has 2 atom stereocenters. The molecule has 0 bridgehead atoms. The maximum Gasteiger partial charge on any atom is 0.0720 e. The van der Waals surface area contributed by atoms with Gasteiger partial charge >= 0.3 is 0 Å². The summed E-state index contributed by atoms with van der Waals surface area (Å²) in [6, 6.07) is 71.6. The van der Waals surface area contributed by atoms with Gasteiger partial charge in [0.2, 0.25) is 0 Å². The molecule has 0 radical (unpaired) electrons. The van der Waals surface area contributed by atoms with Crippen LogP contribution in [0.5, 0.6) is 0 Å². The molecule has 280 valence electrons. The summed E-state index contributed by atoms with van der Waals surface area (Å²) in [6.07, 6.45) is 13.5. The summed E-state index contributed by atoms with van der Waals surface area (Å²) in [5.41, 5.74) is 21.2. The minimum atomic E-state index is -0.582. The Balaban J connectivity index is 1.11. The Kier molecular flexibility index (Phi) is 7.69. The van der Waals surface area contributed by atoms with Crippen molar-refractivity contribution in [3.05, 3.63) is 267 Å². The summed E-state index contributed by atoms with van der Waals surface area (Å²) >= 11 is 0. The molecule has 1 nitrogen and oxygen atoms in total. The van der Waals surface area contributed by atoms with Crippen molar-refractivity contribution < 1.29 is 0 Å². The molecule has 8 aromatic rings. The van der Waals surface area contributed by atoms with Gasteiger partial charge in [0.25, 0.3) is 0 Å². The summed E-state index contributed by atoms with van der Waals surface area (Å²) in [6.45, 7) is 0. The fraction of sp³-hybridized carbons (Fsp3) is 0.103. The molecular formula is C58H43N. The van der Waals surface area contributed by atoms with Crippen LogP contribution in [0.25, 0.3) is 23.3 Å². The molecule has 0 saturated carbocycles. The first kappa shape index (κ1) is 34.1. The van der Waals surface area contributed by atoms with E-state index in [1.165, 1.54) is 89.3 Å². The van der Waals surface area contributed by atoms with E-state index in [1.54, 1.807) is 0 Å². The molecule has 0 aliphatic heterocycles. The normalized spacial score (nSPS) is 18.9. The van der Waals surface area contributed by atoms with Crippen LogP contribution in [0.2, 0.25) is 0 Å². The predicted molar refractivity (Wildman–Crippen MR) is 245 cm³/mol. The van der Waals surface area contributed by atoms with Crippen LogP contribution in [-0.2, 0) is 23.7 Å². The van der Waals surface area contributed by atoms with E-state index in [-0.39, 0.29) is 0 Å². The molecule has 1 heteroatoms. The molecule has 0 amide bonds. The molecule has 0 fully saturated rings. The van der Waals surface area contributed by atoms with Crippen molar-refractivity contribution in [2.45, 2.75) is 36.5 Å². The Morgan fingerprint density at radius 1 is 0.356 bits per heavy atom. The van der Waals surface area contributed by atoms with Crippen LogP contribution < -0.4 is 4.90 Å². The lowest BCUT2D eigenvalue weighted by Crippen LogP contribution is -2.44. The van der Waals surface area contributed by atoms with Gasteiger partial charge in [-0.15, -0.1) is 0 Å². The van der Waals surface area contributed by atoms with Crippen molar-refractivity contribution >= 4 is 29.2 Å². The zero-order valence-corrected chi connectivity index (χ0v) is 33.0. The molecule has 8 aromatic carbocycles. The second kappa shape index (κ2) is 13.3. The van der Waals surface area contributed by atoms with Gasteiger partial charge in [-0.3, -0.25) is 0 Å². The summed E-state index contributed by atoms with van der Waals surface area (Å²) in [5.74, 6) is 0. The molecule has 0 saturated heterocycles. The zero-order chi connectivity index (χ0) is 39.0. The highest BCUT2D eigenvalue weighted by Crippen LogP contribution is 2.65. The van der Waals surface area contributed by atoms with E-state index >= 15 is 0 Å². The van der Waals surface area contributed by atoms with Gasteiger partial charge in [-0.2, -0.15) is 0 Å². The van der Waals surface area contributed by atoms with Crippen molar-refractivity contribution in [1.29, 1.82) is 0 Å². The maximum absolute atomic E-state index is 2.46. The van der Waals surface area contributed by atoms with E-state index < -0.39 is 10.8 Å². The van der Waals surface area contributed by atoms with Gasteiger partial charge in [0.15, 0.2) is 0 Å². The molecule has 4 aliphatic carbocycles. The number of fused-ring (bicyclic) bond motifs is 7. The van der Waals surface area contributed by atoms with E-state index in [0.29, 0.717) is 0 Å². The van der Waals surface area contributed by atoms with Gasteiger partial charge in [0.05, 0.1) is 10.8 Å². The van der Waals surface area contributed by atoms with Crippen LogP contribution in [0, 0.1) is 0 Å². The quantitative estimate of drug-likeness (QED) is 0.163. The van der Waals surface area contributed by atoms with Gasteiger partial charge in [-0.1, -0.05) is 176 Å². The number of aryl methyl sites for hydroxylation is 2. The lowest BCUT2D eigenvalue weighted by Gasteiger charge is -2.49. The molecule has 4 aliphatic rings. The van der Waals surface area contributed by atoms with Crippen LogP contribution in [0.15, 0.2) is 200 Å². The summed E-state index contributed by atoms with van der Waals surface area (Å²) in [5, 5.41) is 0. The fourth-order valence-electron chi connectivity index (χ4n) is 11.3. The zero-order valence-electron chi connectivity index (χ0n) is 33.0. The Morgan fingerprint density at radius 2 is 0.898 bits per heavy atom. The number of allylic oxidation sites excluding steroid dienone is 2. The predicted octanol–water partition coefficient (Wildman–Crippen LogP) is 14.1. The van der Waals surface area contributed by atoms with E-state index in [2.05, 4.69) is 217 Å². The van der Waals surface area contributed by atoms with Crippen LogP contribution in [0.3, 0.4) is 0 Å². The first-order valence-corrected chi connectivity index (χ1v) is 21.2. The highest BCUT2D eigenvalue weighted by molar-refractivity contribution is 5.92. The molecule has 2 unspecified atom stereocenters. The molecule has 0 spiro atoms. The lowest BCUT2D eigenvalue weighted by molar-refractivity contribution is 0.626. The molecule has 59 heavy (non-hydrogen) atoms. The van der Waals surface area contributed by atoms with Gasteiger partial charge in [0.1, 0.15) is 0 Å². The fourth-order valence-corrected chi connectivity index (χ4v) is 11.3. The minimum absolute atomic E-state index is 0.460. The van der Waals surface area contributed by atoms with Crippen molar-refractivity contribution in [3.63, 3.8) is 0 Å². The highest BCUT2D eigenvalue weighted by Gasteiger charge is 2.57. The van der Waals surface area contributed by atoms with E-state index in [9.17, 15) is 0 Å². The molecule has 0 heterocycles. The van der Waals surface area contributed by atoms with E-state index in [0.717, 1.165) is 31.4 Å². The molecule has 0 N–H and O–H groups in total. The topological polar surface area (TPSA) is 3.24 Å². The average molecular weight is 754 g/mol. The van der Waals surface area contributed by atoms with Gasteiger partial charge in [-0.25, -0.2) is 0 Å². The van der Waals surface area contributed by atoms with Gasteiger partial charge in [-0.05, 0) is 140 Å². The number of rotatable bonds is 6.